The highest BCUT2D eigenvalue weighted by Crippen LogP contribution is 2.29. The van der Waals surface area contributed by atoms with Crippen molar-refractivity contribution in [3.8, 4) is 0 Å². The van der Waals surface area contributed by atoms with Gasteiger partial charge >= 0.3 is 12.3 Å². The Bertz CT molecular complexity index is 940. The van der Waals surface area contributed by atoms with Crippen molar-refractivity contribution in [2.24, 2.45) is 0 Å². The monoisotopic (exact) mass is 512 g/mol. The minimum Gasteiger partial charge on any atom is -0.444 e. The molecule has 3 N–H and O–H groups in total. The molecule has 1 aromatic rings. The number of halogens is 3. The van der Waals surface area contributed by atoms with Gasteiger partial charge in [0.1, 0.15) is 5.60 Å². The average molecular weight is 513 g/mol. The van der Waals surface area contributed by atoms with Crippen LogP contribution >= 0.6 is 0 Å². The van der Waals surface area contributed by atoms with Crippen LogP contribution in [0.3, 0.4) is 0 Å². The lowest BCUT2D eigenvalue weighted by Crippen LogP contribution is -2.46. The molecule has 1 saturated carbocycles. The number of amides is 3. The minimum absolute atomic E-state index is 0.0550. The molecule has 2 aliphatic rings. The number of benzene rings is 1. The third-order valence-corrected chi connectivity index (χ3v) is 6.38. The van der Waals surface area contributed by atoms with Crippen LogP contribution in [-0.4, -0.2) is 66.2 Å². The van der Waals surface area contributed by atoms with Gasteiger partial charge in [-0.15, -0.1) is 0 Å². The van der Waals surface area contributed by atoms with Gasteiger partial charge in [0.25, 0.3) is 5.91 Å². The fraction of sp³-hybridized carbons (Fsp3) is 0.640. The number of rotatable bonds is 6. The summed E-state index contributed by atoms with van der Waals surface area (Å²) in [6.45, 7) is 6.72. The average Bonchev–Trinajstić information content (AvgIpc) is 3.24. The Hall–Kier alpha value is -2.82. The molecular weight excluding hydrogens is 477 g/mol. The normalized spacial score (nSPS) is 23.1. The maximum absolute atomic E-state index is 12.8. The van der Waals surface area contributed by atoms with Gasteiger partial charge in [0.15, 0.2) is 0 Å². The third-order valence-electron chi connectivity index (χ3n) is 6.38. The number of hydrogen-bond donors (Lipinski definition) is 3. The van der Waals surface area contributed by atoms with Gasteiger partial charge in [0.2, 0.25) is 5.91 Å². The first-order valence-corrected chi connectivity index (χ1v) is 12.3. The first-order chi connectivity index (χ1) is 16.8. The van der Waals surface area contributed by atoms with Crippen LogP contribution in [0.5, 0.6) is 0 Å². The SMILES string of the molecule is CC(C)(C)OC(=O)NC1CCC(N2CCC(NC(=O)CNC(=O)c3cccc(C(F)(F)F)c3)C2)CC1. The van der Waals surface area contributed by atoms with E-state index in [4.69, 9.17) is 4.74 Å². The van der Waals surface area contributed by atoms with Gasteiger partial charge in [-0.3, -0.25) is 14.5 Å². The smallest absolute Gasteiger partial charge is 0.416 e. The fourth-order valence-electron chi connectivity index (χ4n) is 4.67. The number of nitrogens with zero attached hydrogens (tertiary/aromatic N) is 1. The summed E-state index contributed by atoms with van der Waals surface area (Å²) in [5, 5.41) is 8.22. The van der Waals surface area contributed by atoms with Gasteiger partial charge in [-0.05, 0) is 71.1 Å². The second kappa shape index (κ2) is 11.5. The Kier molecular flexibility index (Phi) is 8.86. The van der Waals surface area contributed by atoms with Crippen LogP contribution in [0.15, 0.2) is 24.3 Å². The van der Waals surface area contributed by atoms with Crippen molar-refractivity contribution in [1.82, 2.24) is 20.9 Å². The van der Waals surface area contributed by atoms with Crippen molar-refractivity contribution in [2.75, 3.05) is 19.6 Å². The summed E-state index contributed by atoms with van der Waals surface area (Å²) < 4.78 is 43.8. The molecule has 200 valence electrons. The molecule has 0 aromatic heterocycles. The number of likely N-dealkylation sites (tertiary alicyclic amines) is 1. The number of hydrogen-bond acceptors (Lipinski definition) is 5. The Labute approximate surface area is 209 Å². The van der Waals surface area contributed by atoms with Crippen LogP contribution in [0.2, 0.25) is 0 Å². The molecule has 0 radical (unpaired) electrons. The molecule has 3 amide bonds. The second-order valence-corrected chi connectivity index (χ2v) is 10.5. The van der Waals surface area contributed by atoms with Gasteiger partial charge in [-0.25, -0.2) is 4.79 Å². The zero-order chi connectivity index (χ0) is 26.5. The number of carbonyl (C=O) groups is 3. The second-order valence-electron chi connectivity index (χ2n) is 10.5. The van der Waals surface area contributed by atoms with Crippen molar-refractivity contribution < 1.29 is 32.3 Å². The van der Waals surface area contributed by atoms with Crippen molar-refractivity contribution >= 4 is 17.9 Å². The van der Waals surface area contributed by atoms with Crippen LogP contribution < -0.4 is 16.0 Å². The fourth-order valence-corrected chi connectivity index (χ4v) is 4.67. The zero-order valence-electron chi connectivity index (χ0n) is 20.9. The first-order valence-electron chi connectivity index (χ1n) is 12.3. The Balaban J connectivity index is 1.37. The van der Waals surface area contributed by atoms with Gasteiger partial charge in [-0.2, -0.15) is 13.2 Å². The van der Waals surface area contributed by atoms with E-state index in [1.165, 1.54) is 6.07 Å². The summed E-state index contributed by atoms with van der Waals surface area (Å²) in [6, 6.07) is 4.50. The van der Waals surface area contributed by atoms with Gasteiger partial charge in [0, 0.05) is 36.8 Å². The Morgan fingerprint density at radius 2 is 1.69 bits per heavy atom. The minimum atomic E-state index is -4.55. The predicted octanol–water partition coefficient (Wildman–Crippen LogP) is 3.46. The van der Waals surface area contributed by atoms with Crippen LogP contribution in [0.25, 0.3) is 0 Å². The van der Waals surface area contributed by atoms with Crippen molar-refractivity contribution in [2.45, 2.75) is 82.8 Å². The van der Waals surface area contributed by atoms with E-state index in [2.05, 4.69) is 20.9 Å². The maximum atomic E-state index is 12.8. The predicted molar refractivity (Wildman–Crippen MR) is 127 cm³/mol. The molecule has 1 aliphatic carbocycles. The van der Waals surface area contributed by atoms with E-state index in [9.17, 15) is 27.6 Å². The van der Waals surface area contributed by atoms with E-state index in [0.717, 1.165) is 56.8 Å². The molecule has 11 heteroatoms. The molecule has 1 saturated heterocycles. The van der Waals surface area contributed by atoms with Crippen molar-refractivity contribution in [3.05, 3.63) is 35.4 Å². The Morgan fingerprint density at radius 3 is 2.33 bits per heavy atom. The van der Waals surface area contributed by atoms with Crippen molar-refractivity contribution in [3.63, 3.8) is 0 Å². The molecule has 0 bridgehead atoms. The third kappa shape index (κ3) is 8.39. The van der Waals surface area contributed by atoms with Crippen molar-refractivity contribution in [1.29, 1.82) is 0 Å². The quantitative estimate of drug-likeness (QED) is 0.542. The lowest BCUT2D eigenvalue weighted by atomic mass is 9.90. The molecule has 1 heterocycles. The summed E-state index contributed by atoms with van der Waals surface area (Å²) in [7, 11) is 0. The molecule has 8 nitrogen and oxygen atoms in total. The highest BCUT2D eigenvalue weighted by atomic mass is 19.4. The largest absolute Gasteiger partial charge is 0.444 e. The summed E-state index contributed by atoms with van der Waals surface area (Å²) >= 11 is 0. The van der Waals surface area contributed by atoms with E-state index in [-0.39, 0.29) is 30.1 Å². The molecule has 1 aromatic carbocycles. The maximum Gasteiger partial charge on any atom is 0.416 e. The number of carbonyl (C=O) groups excluding carboxylic acids is 3. The lowest BCUT2D eigenvalue weighted by molar-refractivity contribution is -0.137. The Morgan fingerprint density at radius 1 is 1.00 bits per heavy atom. The van der Waals surface area contributed by atoms with Crippen LogP contribution in [-0.2, 0) is 15.7 Å². The van der Waals surface area contributed by atoms with E-state index < -0.39 is 29.3 Å². The number of alkyl halides is 3. The molecule has 1 aliphatic heterocycles. The molecule has 36 heavy (non-hydrogen) atoms. The standard InChI is InChI=1S/C25H35F3N4O4/c1-24(2,3)36-23(35)31-18-7-9-20(10-8-18)32-12-11-19(15-32)30-21(33)14-29-22(34)16-5-4-6-17(13-16)25(26,27)28/h4-6,13,18-20H,7-12,14-15H2,1-3H3,(H,29,34)(H,30,33)(H,31,35). The molecule has 2 fully saturated rings. The number of nitrogens with one attached hydrogen (secondary N) is 3. The topological polar surface area (TPSA) is 99.8 Å². The summed E-state index contributed by atoms with van der Waals surface area (Å²) in [6.07, 6.45) is -0.561. The van der Waals surface area contributed by atoms with Gasteiger partial charge in [0.05, 0.1) is 12.1 Å². The molecule has 1 atom stereocenters. The number of alkyl carbamates (subject to hydrolysis) is 1. The molecule has 0 spiro atoms. The van der Waals surface area contributed by atoms with Gasteiger partial charge < -0.3 is 20.7 Å². The summed E-state index contributed by atoms with van der Waals surface area (Å²) in [5.41, 5.74) is -1.60. The molecule has 1 unspecified atom stereocenters. The van der Waals surface area contributed by atoms with E-state index in [1.807, 2.05) is 20.8 Å². The van der Waals surface area contributed by atoms with Crippen LogP contribution in [0, 0.1) is 0 Å². The van der Waals surface area contributed by atoms with E-state index in [1.54, 1.807) is 0 Å². The highest BCUT2D eigenvalue weighted by Gasteiger charge is 2.33. The number of ether oxygens (including phenoxy) is 1. The van der Waals surface area contributed by atoms with Gasteiger partial charge in [-0.1, -0.05) is 6.07 Å². The molecular formula is C25H35F3N4O4. The van der Waals surface area contributed by atoms with Crippen LogP contribution in [0.1, 0.15) is 68.8 Å². The van der Waals surface area contributed by atoms with Crippen LogP contribution in [0.4, 0.5) is 18.0 Å². The first kappa shape index (κ1) is 27.8. The molecule has 3 rings (SSSR count). The summed E-state index contributed by atoms with van der Waals surface area (Å²) in [4.78, 5) is 38.8. The zero-order valence-corrected chi connectivity index (χ0v) is 20.9. The lowest BCUT2D eigenvalue weighted by Gasteiger charge is -2.35. The van der Waals surface area contributed by atoms with E-state index in [0.29, 0.717) is 12.6 Å². The summed E-state index contributed by atoms with van der Waals surface area (Å²) in [5.74, 6) is -1.12. The van der Waals surface area contributed by atoms with E-state index >= 15 is 0 Å². The highest BCUT2D eigenvalue weighted by molar-refractivity contribution is 5.96.